The van der Waals surface area contributed by atoms with Crippen LogP contribution in [0.3, 0.4) is 0 Å². The molecule has 0 radical (unpaired) electrons. The predicted octanol–water partition coefficient (Wildman–Crippen LogP) is 2.93. The van der Waals surface area contributed by atoms with Gasteiger partial charge in [-0.05, 0) is 31.9 Å². The van der Waals surface area contributed by atoms with Crippen LogP contribution in [0.2, 0.25) is 0 Å². The number of nitrogens with zero attached hydrogens (tertiary/aromatic N) is 3. The van der Waals surface area contributed by atoms with Gasteiger partial charge in [0, 0.05) is 12.1 Å². The standard InChI is InChI=1S/C27H25N3O4S/c1-4-15-29-19-14-10-9-13-18(19)21(24(29)31)23-25(32)30-22(17-11-7-6-8-12-17)20(26(33)34-5-2)16(3)28-27(30)35-23/h6-14,22H,4-5,15H2,1-3H3/b23-21-/t22-/m0/s1. The molecule has 2 aromatic carbocycles. The van der Waals surface area contributed by atoms with Crippen LogP contribution in [0, 0.1) is 0 Å². The maximum Gasteiger partial charge on any atom is 0.338 e. The number of rotatable bonds is 5. The van der Waals surface area contributed by atoms with Crippen molar-refractivity contribution >= 4 is 34.5 Å². The van der Waals surface area contributed by atoms with E-state index >= 15 is 0 Å². The molecule has 0 saturated carbocycles. The van der Waals surface area contributed by atoms with Crippen LogP contribution < -0.4 is 19.8 Å². The van der Waals surface area contributed by atoms with Crippen molar-refractivity contribution in [1.82, 2.24) is 4.57 Å². The average molecular weight is 488 g/mol. The minimum atomic E-state index is -0.695. The van der Waals surface area contributed by atoms with E-state index in [9.17, 15) is 14.4 Å². The van der Waals surface area contributed by atoms with Crippen LogP contribution in [-0.2, 0) is 14.3 Å². The highest BCUT2D eigenvalue weighted by Gasteiger charge is 2.37. The van der Waals surface area contributed by atoms with E-state index in [0.717, 1.165) is 23.2 Å². The summed E-state index contributed by atoms with van der Waals surface area (Å²) in [5, 5.41) is 0. The van der Waals surface area contributed by atoms with Crippen molar-refractivity contribution < 1.29 is 14.3 Å². The van der Waals surface area contributed by atoms with E-state index < -0.39 is 12.0 Å². The third-order valence-electron chi connectivity index (χ3n) is 6.21. The monoisotopic (exact) mass is 487 g/mol. The van der Waals surface area contributed by atoms with Crippen molar-refractivity contribution in [2.75, 3.05) is 18.1 Å². The van der Waals surface area contributed by atoms with Crippen LogP contribution in [0.15, 0.2) is 75.7 Å². The fraction of sp³-hybridized carbons (Fsp3) is 0.259. The molecule has 1 atom stereocenters. The van der Waals surface area contributed by atoms with Crippen LogP contribution >= 0.6 is 11.3 Å². The lowest BCUT2D eigenvalue weighted by molar-refractivity contribution is -0.139. The van der Waals surface area contributed by atoms with Crippen molar-refractivity contribution in [2.45, 2.75) is 33.2 Å². The van der Waals surface area contributed by atoms with Crippen LogP contribution in [0.5, 0.6) is 0 Å². The summed E-state index contributed by atoms with van der Waals surface area (Å²) in [5.41, 5.74) is 3.20. The summed E-state index contributed by atoms with van der Waals surface area (Å²) >= 11 is 1.19. The first-order valence-electron chi connectivity index (χ1n) is 11.7. The molecule has 3 aromatic rings. The lowest BCUT2D eigenvalue weighted by Crippen LogP contribution is -2.41. The zero-order valence-electron chi connectivity index (χ0n) is 19.8. The number of hydrogen-bond donors (Lipinski definition) is 0. The highest BCUT2D eigenvalue weighted by atomic mass is 32.1. The molecule has 2 aliphatic heterocycles. The summed E-state index contributed by atoms with van der Waals surface area (Å²) in [6.45, 7) is 6.29. The topological polar surface area (TPSA) is 81.0 Å². The third kappa shape index (κ3) is 3.65. The van der Waals surface area contributed by atoms with E-state index in [2.05, 4.69) is 4.99 Å². The molecule has 1 amide bonds. The fourth-order valence-corrected chi connectivity index (χ4v) is 5.87. The van der Waals surface area contributed by atoms with Crippen molar-refractivity contribution in [3.8, 4) is 0 Å². The number of amides is 1. The van der Waals surface area contributed by atoms with Crippen LogP contribution in [0.25, 0.3) is 5.57 Å². The number of anilines is 1. The van der Waals surface area contributed by atoms with Crippen LogP contribution in [-0.4, -0.2) is 29.6 Å². The van der Waals surface area contributed by atoms with Crippen molar-refractivity contribution in [3.05, 3.63) is 96.7 Å². The lowest BCUT2D eigenvalue weighted by atomic mass is 9.96. The number of fused-ring (bicyclic) bond motifs is 2. The maximum absolute atomic E-state index is 14.0. The zero-order valence-corrected chi connectivity index (χ0v) is 20.6. The molecule has 8 heteroatoms. The van der Waals surface area contributed by atoms with E-state index in [0.29, 0.717) is 32.7 Å². The Morgan fingerprint density at radius 2 is 1.77 bits per heavy atom. The second-order valence-corrected chi connectivity index (χ2v) is 9.36. The Labute approximate surface area is 206 Å². The van der Waals surface area contributed by atoms with Gasteiger partial charge in [-0.1, -0.05) is 66.8 Å². The molecular weight excluding hydrogens is 462 g/mol. The Balaban J connectivity index is 1.81. The first-order valence-corrected chi connectivity index (χ1v) is 12.5. The molecule has 0 unspecified atom stereocenters. The summed E-state index contributed by atoms with van der Waals surface area (Å²) in [6, 6.07) is 16.2. The SMILES string of the molecule is CCCN1C(=O)/C(=c2\sc3n(c2=O)[C@@H](c2ccccc2)C(C(=O)OCC)=C(C)N=3)c2ccccc21. The number of thiazole rings is 1. The zero-order chi connectivity index (χ0) is 24.7. The molecule has 3 heterocycles. The van der Waals surface area contributed by atoms with E-state index in [1.165, 1.54) is 15.9 Å². The lowest BCUT2D eigenvalue weighted by Gasteiger charge is -2.24. The Morgan fingerprint density at radius 1 is 1.06 bits per heavy atom. The summed E-state index contributed by atoms with van der Waals surface area (Å²) < 4.78 is 7.19. The minimum Gasteiger partial charge on any atom is -0.463 e. The molecule has 0 spiro atoms. The number of hydrogen-bond acceptors (Lipinski definition) is 6. The second-order valence-electron chi connectivity index (χ2n) is 8.38. The van der Waals surface area contributed by atoms with E-state index in [1.807, 2.05) is 61.5 Å². The van der Waals surface area contributed by atoms with E-state index in [1.54, 1.807) is 18.7 Å². The van der Waals surface area contributed by atoms with Crippen LogP contribution in [0.1, 0.15) is 44.4 Å². The number of ether oxygens (including phenoxy) is 1. The molecule has 0 bridgehead atoms. The number of allylic oxidation sites excluding steroid dienone is 1. The average Bonchev–Trinajstić information content (AvgIpc) is 3.32. The molecule has 0 N–H and O–H groups in total. The molecule has 5 rings (SSSR count). The van der Waals surface area contributed by atoms with Gasteiger partial charge in [-0.3, -0.25) is 14.2 Å². The highest BCUT2D eigenvalue weighted by Crippen LogP contribution is 2.35. The fourth-order valence-electron chi connectivity index (χ4n) is 4.74. The number of carbonyl (C=O) groups excluding carboxylic acids is 2. The number of carbonyl (C=O) groups is 2. The molecule has 0 fully saturated rings. The Hall–Kier alpha value is -3.78. The van der Waals surface area contributed by atoms with Gasteiger partial charge in [-0.25, -0.2) is 9.79 Å². The van der Waals surface area contributed by atoms with Gasteiger partial charge in [0.25, 0.3) is 11.5 Å². The van der Waals surface area contributed by atoms with Gasteiger partial charge in [0.2, 0.25) is 0 Å². The summed E-state index contributed by atoms with van der Waals surface area (Å²) in [5.74, 6) is -0.687. The number of benzene rings is 2. The Bertz CT molecular complexity index is 1550. The first kappa shape index (κ1) is 23.0. The maximum atomic E-state index is 14.0. The van der Waals surface area contributed by atoms with Crippen molar-refractivity contribution in [2.24, 2.45) is 4.99 Å². The quantitative estimate of drug-likeness (QED) is 0.519. The second kappa shape index (κ2) is 9.11. The minimum absolute atomic E-state index is 0.184. The van der Waals surface area contributed by atoms with Gasteiger partial charge in [0.1, 0.15) is 4.53 Å². The van der Waals surface area contributed by atoms with E-state index in [-0.39, 0.29) is 18.1 Å². The smallest absolute Gasteiger partial charge is 0.338 e. The molecule has 35 heavy (non-hydrogen) atoms. The third-order valence-corrected chi connectivity index (χ3v) is 7.26. The van der Waals surface area contributed by atoms with Gasteiger partial charge in [-0.2, -0.15) is 0 Å². The summed E-state index contributed by atoms with van der Waals surface area (Å²) in [7, 11) is 0. The first-order chi connectivity index (χ1) is 17.0. The van der Waals surface area contributed by atoms with Gasteiger partial charge in [0.15, 0.2) is 4.80 Å². The summed E-state index contributed by atoms with van der Waals surface area (Å²) in [6.07, 6.45) is 0.796. The largest absolute Gasteiger partial charge is 0.463 e. The molecule has 0 saturated heterocycles. The molecule has 178 valence electrons. The summed E-state index contributed by atoms with van der Waals surface area (Å²) in [4.78, 5) is 47.3. The van der Waals surface area contributed by atoms with Crippen molar-refractivity contribution in [3.63, 3.8) is 0 Å². The van der Waals surface area contributed by atoms with E-state index in [4.69, 9.17) is 4.74 Å². The predicted molar refractivity (Wildman–Crippen MR) is 135 cm³/mol. The van der Waals surface area contributed by atoms with Gasteiger partial charge >= 0.3 is 5.97 Å². The molecule has 7 nitrogen and oxygen atoms in total. The highest BCUT2D eigenvalue weighted by molar-refractivity contribution is 7.07. The molecule has 2 aliphatic rings. The van der Waals surface area contributed by atoms with Gasteiger partial charge in [0.05, 0.1) is 35.2 Å². The normalized spacial score (nSPS) is 18.3. The number of esters is 1. The Kier molecular flexibility index (Phi) is 5.98. The van der Waals surface area contributed by atoms with Crippen molar-refractivity contribution in [1.29, 1.82) is 0 Å². The Morgan fingerprint density at radius 3 is 2.49 bits per heavy atom. The van der Waals surface area contributed by atoms with Gasteiger partial charge in [-0.15, -0.1) is 0 Å². The molecule has 1 aromatic heterocycles. The number of aromatic nitrogens is 1. The molecular formula is C27H25N3O4S. The van der Waals surface area contributed by atoms with Crippen LogP contribution in [0.4, 0.5) is 5.69 Å². The molecule has 0 aliphatic carbocycles. The number of para-hydroxylation sites is 1. The van der Waals surface area contributed by atoms with Gasteiger partial charge < -0.3 is 9.64 Å².